The van der Waals surface area contributed by atoms with Crippen molar-refractivity contribution in [3.05, 3.63) is 47.8 Å². The van der Waals surface area contributed by atoms with Crippen molar-refractivity contribution in [1.29, 1.82) is 0 Å². The highest BCUT2D eigenvalue weighted by Crippen LogP contribution is 2.20. The van der Waals surface area contributed by atoms with Crippen LogP contribution >= 0.6 is 0 Å². The SMILES string of the molecule is CCCn1cc(C)nc1NC(C)(C)CCc1ccccc1. The van der Waals surface area contributed by atoms with Crippen LogP contribution in [0.1, 0.15) is 44.9 Å². The second kappa shape index (κ2) is 6.79. The van der Waals surface area contributed by atoms with Gasteiger partial charge in [-0.25, -0.2) is 4.98 Å². The molecule has 2 rings (SSSR count). The molecule has 0 spiro atoms. The van der Waals surface area contributed by atoms with Gasteiger partial charge >= 0.3 is 0 Å². The molecule has 0 aliphatic heterocycles. The van der Waals surface area contributed by atoms with Gasteiger partial charge in [-0.1, -0.05) is 37.3 Å². The average molecular weight is 285 g/mol. The molecule has 0 unspecified atom stereocenters. The molecule has 0 aliphatic carbocycles. The molecule has 3 heteroatoms. The largest absolute Gasteiger partial charge is 0.351 e. The molecule has 0 radical (unpaired) electrons. The van der Waals surface area contributed by atoms with Gasteiger partial charge in [0.25, 0.3) is 0 Å². The maximum absolute atomic E-state index is 4.62. The number of hydrogen-bond acceptors (Lipinski definition) is 2. The van der Waals surface area contributed by atoms with E-state index in [2.05, 4.69) is 72.2 Å². The summed E-state index contributed by atoms with van der Waals surface area (Å²) in [6, 6.07) is 10.7. The third-order valence-corrected chi connectivity index (χ3v) is 3.69. The van der Waals surface area contributed by atoms with Crippen molar-refractivity contribution in [3.63, 3.8) is 0 Å². The Hall–Kier alpha value is -1.77. The van der Waals surface area contributed by atoms with Crippen LogP contribution in [0.25, 0.3) is 0 Å². The van der Waals surface area contributed by atoms with Crippen LogP contribution in [0.2, 0.25) is 0 Å². The first kappa shape index (κ1) is 15.6. The first-order valence-electron chi connectivity index (χ1n) is 7.86. The molecule has 0 saturated heterocycles. The number of imidazole rings is 1. The lowest BCUT2D eigenvalue weighted by Crippen LogP contribution is -2.33. The molecular formula is C18H27N3. The van der Waals surface area contributed by atoms with E-state index in [-0.39, 0.29) is 5.54 Å². The highest BCUT2D eigenvalue weighted by Gasteiger charge is 2.20. The standard InChI is InChI=1S/C18H27N3/c1-5-13-21-14-15(2)19-17(21)20-18(3,4)12-11-16-9-7-6-8-10-16/h6-10,14H,5,11-13H2,1-4H3,(H,19,20). The van der Waals surface area contributed by atoms with Crippen LogP contribution in [0, 0.1) is 6.92 Å². The van der Waals surface area contributed by atoms with E-state index >= 15 is 0 Å². The van der Waals surface area contributed by atoms with E-state index in [0.29, 0.717) is 0 Å². The lowest BCUT2D eigenvalue weighted by Gasteiger charge is -2.27. The second-order valence-corrected chi connectivity index (χ2v) is 6.39. The number of rotatable bonds is 7. The van der Waals surface area contributed by atoms with Gasteiger partial charge in [-0.2, -0.15) is 0 Å². The van der Waals surface area contributed by atoms with Crippen molar-refractivity contribution in [3.8, 4) is 0 Å². The van der Waals surface area contributed by atoms with Crippen molar-refractivity contribution in [2.24, 2.45) is 0 Å². The summed E-state index contributed by atoms with van der Waals surface area (Å²) >= 11 is 0. The third kappa shape index (κ3) is 4.62. The van der Waals surface area contributed by atoms with Gasteiger partial charge in [0.2, 0.25) is 5.95 Å². The van der Waals surface area contributed by atoms with Gasteiger partial charge in [0.05, 0.1) is 5.69 Å². The van der Waals surface area contributed by atoms with Crippen LogP contribution in [0.15, 0.2) is 36.5 Å². The monoisotopic (exact) mass is 285 g/mol. The molecule has 1 aromatic heterocycles. The number of aromatic nitrogens is 2. The van der Waals surface area contributed by atoms with E-state index in [9.17, 15) is 0 Å². The average Bonchev–Trinajstić information content (AvgIpc) is 2.77. The zero-order chi connectivity index (χ0) is 15.3. The number of anilines is 1. The molecule has 3 nitrogen and oxygen atoms in total. The maximum atomic E-state index is 4.62. The Kier molecular flexibility index (Phi) is 5.05. The Bertz CT molecular complexity index is 555. The normalized spacial score (nSPS) is 11.6. The minimum absolute atomic E-state index is 0.0269. The zero-order valence-electron chi connectivity index (χ0n) is 13.7. The second-order valence-electron chi connectivity index (χ2n) is 6.39. The molecule has 0 aliphatic rings. The Morgan fingerprint density at radius 2 is 1.90 bits per heavy atom. The van der Waals surface area contributed by atoms with E-state index in [4.69, 9.17) is 0 Å². The summed E-state index contributed by atoms with van der Waals surface area (Å²) in [5.41, 5.74) is 2.49. The van der Waals surface area contributed by atoms with Gasteiger partial charge in [0, 0.05) is 18.3 Å². The molecular weight excluding hydrogens is 258 g/mol. The van der Waals surface area contributed by atoms with Crippen molar-refractivity contribution >= 4 is 5.95 Å². The molecule has 0 bridgehead atoms. The van der Waals surface area contributed by atoms with Crippen LogP contribution in [0.3, 0.4) is 0 Å². The van der Waals surface area contributed by atoms with Crippen LogP contribution in [-0.4, -0.2) is 15.1 Å². The van der Waals surface area contributed by atoms with Gasteiger partial charge in [-0.05, 0) is 45.6 Å². The predicted molar refractivity (Wildman–Crippen MR) is 89.7 cm³/mol. The van der Waals surface area contributed by atoms with Gasteiger partial charge in [-0.3, -0.25) is 0 Å². The van der Waals surface area contributed by atoms with Crippen molar-refractivity contribution in [2.45, 2.75) is 59.0 Å². The van der Waals surface area contributed by atoms with Gasteiger partial charge in [0.1, 0.15) is 0 Å². The fourth-order valence-electron chi connectivity index (χ4n) is 2.52. The summed E-state index contributed by atoms with van der Waals surface area (Å²) < 4.78 is 2.22. The lowest BCUT2D eigenvalue weighted by molar-refractivity contribution is 0.508. The topological polar surface area (TPSA) is 29.9 Å². The molecule has 0 atom stereocenters. The lowest BCUT2D eigenvalue weighted by atomic mass is 9.95. The van der Waals surface area contributed by atoms with E-state index in [0.717, 1.165) is 37.4 Å². The minimum Gasteiger partial charge on any atom is -0.351 e. The number of nitrogens with zero attached hydrogens (tertiary/aromatic N) is 2. The molecule has 0 amide bonds. The van der Waals surface area contributed by atoms with Gasteiger partial charge < -0.3 is 9.88 Å². The van der Waals surface area contributed by atoms with Crippen LogP contribution in [-0.2, 0) is 13.0 Å². The quantitative estimate of drug-likeness (QED) is 0.816. The van der Waals surface area contributed by atoms with Crippen LogP contribution in [0.5, 0.6) is 0 Å². The minimum atomic E-state index is 0.0269. The summed E-state index contributed by atoms with van der Waals surface area (Å²) in [5, 5.41) is 3.61. The van der Waals surface area contributed by atoms with E-state index in [1.807, 2.05) is 6.92 Å². The van der Waals surface area contributed by atoms with Crippen LogP contribution in [0.4, 0.5) is 5.95 Å². The fourth-order valence-corrected chi connectivity index (χ4v) is 2.52. The van der Waals surface area contributed by atoms with Gasteiger partial charge in [0.15, 0.2) is 0 Å². The highest BCUT2D eigenvalue weighted by atomic mass is 15.2. The Labute approximate surface area is 128 Å². The van der Waals surface area contributed by atoms with Crippen molar-refractivity contribution in [2.75, 3.05) is 5.32 Å². The molecule has 1 aromatic carbocycles. The first-order chi connectivity index (χ1) is 10.00. The summed E-state index contributed by atoms with van der Waals surface area (Å²) in [6.07, 6.45) is 5.40. The Morgan fingerprint density at radius 3 is 2.57 bits per heavy atom. The summed E-state index contributed by atoms with van der Waals surface area (Å²) in [7, 11) is 0. The highest BCUT2D eigenvalue weighted by molar-refractivity contribution is 5.32. The third-order valence-electron chi connectivity index (χ3n) is 3.69. The smallest absolute Gasteiger partial charge is 0.203 e. The van der Waals surface area contributed by atoms with Gasteiger partial charge in [-0.15, -0.1) is 0 Å². The number of benzene rings is 1. The molecule has 114 valence electrons. The fraction of sp³-hybridized carbons (Fsp3) is 0.500. The zero-order valence-corrected chi connectivity index (χ0v) is 13.7. The molecule has 2 aromatic rings. The van der Waals surface area contributed by atoms with Crippen molar-refractivity contribution in [1.82, 2.24) is 9.55 Å². The Balaban J connectivity index is 2.00. The Morgan fingerprint density at radius 1 is 1.19 bits per heavy atom. The maximum Gasteiger partial charge on any atom is 0.203 e. The predicted octanol–water partition coefficient (Wildman–Crippen LogP) is 4.42. The molecule has 0 saturated carbocycles. The van der Waals surface area contributed by atoms with Crippen molar-refractivity contribution < 1.29 is 0 Å². The van der Waals surface area contributed by atoms with Crippen LogP contribution < -0.4 is 5.32 Å². The molecule has 1 N–H and O–H groups in total. The summed E-state index contributed by atoms with van der Waals surface area (Å²) in [5.74, 6) is 0.993. The first-order valence-corrected chi connectivity index (χ1v) is 7.86. The molecule has 21 heavy (non-hydrogen) atoms. The molecule has 1 heterocycles. The summed E-state index contributed by atoms with van der Waals surface area (Å²) in [4.78, 5) is 4.62. The summed E-state index contributed by atoms with van der Waals surface area (Å²) in [6.45, 7) is 9.75. The van der Waals surface area contributed by atoms with E-state index < -0.39 is 0 Å². The van der Waals surface area contributed by atoms with E-state index in [1.54, 1.807) is 0 Å². The number of aryl methyl sites for hydroxylation is 3. The van der Waals surface area contributed by atoms with E-state index in [1.165, 1.54) is 5.56 Å². The molecule has 0 fully saturated rings. The number of hydrogen-bond donors (Lipinski definition) is 1. The number of nitrogens with one attached hydrogen (secondary N) is 1.